The van der Waals surface area contributed by atoms with Crippen LogP contribution >= 0.6 is 0 Å². The predicted octanol–water partition coefficient (Wildman–Crippen LogP) is 3.15. The van der Waals surface area contributed by atoms with Gasteiger partial charge in [-0.1, -0.05) is 0 Å². The Bertz CT molecular complexity index is 548. The van der Waals surface area contributed by atoms with E-state index in [-0.39, 0.29) is 5.96 Å². The molecule has 0 aliphatic heterocycles. The summed E-state index contributed by atoms with van der Waals surface area (Å²) in [6.45, 7) is 10.4. The topological polar surface area (TPSA) is 81.9 Å². The minimum atomic E-state index is -0.799. The van der Waals surface area contributed by atoms with E-state index in [4.69, 9.17) is 9.47 Å². The van der Waals surface area contributed by atoms with E-state index in [1.165, 1.54) is 4.57 Å². The maximum Gasteiger partial charge on any atom is 0.437 e. The summed E-state index contributed by atoms with van der Waals surface area (Å²) in [4.78, 5) is 27.4. The fourth-order valence-corrected chi connectivity index (χ4v) is 1.39. The molecule has 1 aromatic heterocycles. The van der Waals surface area contributed by atoms with Gasteiger partial charge in [0.15, 0.2) is 0 Å². The molecule has 122 valence electrons. The average molecular weight is 309 g/mol. The molecule has 0 spiro atoms. The Morgan fingerprint density at radius 2 is 1.45 bits per heavy atom. The first-order chi connectivity index (χ1) is 9.96. The Kier molecular flexibility index (Phi) is 5.35. The number of carbonyl (C=O) groups excluding carboxylic acids is 2. The van der Waals surface area contributed by atoms with Crippen molar-refractivity contribution in [2.75, 3.05) is 0 Å². The molecule has 0 atom stereocenters. The van der Waals surface area contributed by atoms with Crippen LogP contribution in [0.5, 0.6) is 0 Å². The van der Waals surface area contributed by atoms with Crippen molar-refractivity contribution in [1.82, 2.24) is 9.88 Å². The Morgan fingerprint density at radius 3 is 1.91 bits per heavy atom. The van der Waals surface area contributed by atoms with Crippen molar-refractivity contribution < 1.29 is 19.1 Å². The van der Waals surface area contributed by atoms with Crippen LogP contribution in [0.15, 0.2) is 29.5 Å². The van der Waals surface area contributed by atoms with E-state index in [2.05, 4.69) is 10.3 Å². The molecule has 0 saturated carbocycles. The molecule has 0 fully saturated rings. The number of amides is 2. The van der Waals surface area contributed by atoms with Crippen LogP contribution < -0.4 is 5.32 Å². The number of hydrogen-bond acceptors (Lipinski definition) is 4. The molecule has 0 aliphatic carbocycles. The van der Waals surface area contributed by atoms with Crippen LogP contribution in [0.4, 0.5) is 9.59 Å². The lowest BCUT2D eigenvalue weighted by atomic mass is 10.2. The first-order valence-electron chi connectivity index (χ1n) is 6.91. The Hall–Kier alpha value is -2.31. The van der Waals surface area contributed by atoms with Gasteiger partial charge in [0, 0.05) is 12.4 Å². The van der Waals surface area contributed by atoms with Gasteiger partial charge in [0.25, 0.3) is 0 Å². The van der Waals surface area contributed by atoms with Crippen molar-refractivity contribution in [3.8, 4) is 0 Å². The van der Waals surface area contributed by atoms with Crippen LogP contribution in [0, 0.1) is 0 Å². The molecule has 22 heavy (non-hydrogen) atoms. The van der Waals surface area contributed by atoms with Crippen LogP contribution in [-0.2, 0) is 9.47 Å². The third-order valence-corrected chi connectivity index (χ3v) is 2.05. The van der Waals surface area contributed by atoms with Gasteiger partial charge in [-0.3, -0.25) is 9.88 Å². The van der Waals surface area contributed by atoms with Crippen molar-refractivity contribution in [2.45, 2.75) is 52.7 Å². The smallest absolute Gasteiger partial charge is 0.437 e. The van der Waals surface area contributed by atoms with E-state index in [1.54, 1.807) is 66.1 Å². The number of nitrogens with zero attached hydrogens (tertiary/aromatic N) is 2. The Balaban J connectivity index is 2.91. The zero-order valence-electron chi connectivity index (χ0n) is 13.8. The average Bonchev–Trinajstić information content (AvgIpc) is 2.75. The minimum Gasteiger partial charge on any atom is -0.444 e. The van der Waals surface area contributed by atoms with E-state index < -0.39 is 23.4 Å². The summed E-state index contributed by atoms with van der Waals surface area (Å²) in [5.74, 6) is 0.00787. The van der Waals surface area contributed by atoms with Gasteiger partial charge >= 0.3 is 12.2 Å². The third kappa shape index (κ3) is 6.92. The van der Waals surface area contributed by atoms with Crippen LogP contribution in [0.25, 0.3) is 0 Å². The van der Waals surface area contributed by atoms with E-state index in [1.807, 2.05) is 0 Å². The number of carbonyl (C=O) groups is 2. The molecule has 0 unspecified atom stereocenters. The molecule has 0 aromatic carbocycles. The molecule has 0 bridgehead atoms. The van der Waals surface area contributed by atoms with E-state index in [0.717, 1.165) is 0 Å². The van der Waals surface area contributed by atoms with Crippen molar-refractivity contribution in [2.24, 2.45) is 4.99 Å². The highest BCUT2D eigenvalue weighted by atomic mass is 16.6. The highest BCUT2D eigenvalue weighted by Crippen LogP contribution is 2.09. The highest BCUT2D eigenvalue weighted by Gasteiger charge is 2.20. The molecule has 7 heteroatoms. The first kappa shape index (κ1) is 17.7. The number of nitrogens with one attached hydrogen (secondary N) is 1. The van der Waals surface area contributed by atoms with Gasteiger partial charge < -0.3 is 9.47 Å². The van der Waals surface area contributed by atoms with Crippen molar-refractivity contribution in [3.05, 3.63) is 24.5 Å². The fraction of sp³-hybridized carbons (Fsp3) is 0.533. The molecule has 1 aromatic rings. The maximum atomic E-state index is 11.9. The largest absolute Gasteiger partial charge is 0.444 e. The van der Waals surface area contributed by atoms with Gasteiger partial charge in [-0.25, -0.2) is 9.59 Å². The first-order valence-corrected chi connectivity index (χ1v) is 6.91. The molecular formula is C15H23N3O4. The number of aromatic nitrogens is 1. The molecule has 0 radical (unpaired) electrons. The SMILES string of the molecule is CC(C)(C)OC(=O)/N=C(/NC(=O)OC(C)(C)C)n1cccc1. The Morgan fingerprint density at radius 1 is 0.955 bits per heavy atom. The van der Waals surface area contributed by atoms with E-state index in [9.17, 15) is 9.59 Å². The molecular weight excluding hydrogens is 286 g/mol. The second-order valence-electron chi connectivity index (χ2n) is 6.63. The van der Waals surface area contributed by atoms with Crippen molar-refractivity contribution in [1.29, 1.82) is 0 Å². The number of alkyl carbamates (subject to hydrolysis) is 1. The summed E-state index contributed by atoms with van der Waals surface area (Å²) in [6, 6.07) is 3.47. The highest BCUT2D eigenvalue weighted by molar-refractivity contribution is 6.00. The second kappa shape index (κ2) is 6.64. The van der Waals surface area contributed by atoms with Gasteiger partial charge in [-0.2, -0.15) is 0 Å². The molecule has 0 saturated heterocycles. The van der Waals surface area contributed by atoms with Gasteiger partial charge in [-0.05, 0) is 53.7 Å². The van der Waals surface area contributed by atoms with Crippen molar-refractivity contribution >= 4 is 18.1 Å². The quantitative estimate of drug-likeness (QED) is 0.589. The minimum absolute atomic E-state index is 0.00787. The van der Waals surface area contributed by atoms with Gasteiger partial charge in [0.1, 0.15) is 11.2 Å². The number of hydrogen-bond donors (Lipinski definition) is 1. The summed E-state index contributed by atoms with van der Waals surface area (Å²) in [6.07, 6.45) is 1.77. The van der Waals surface area contributed by atoms with Crippen LogP contribution in [0.1, 0.15) is 41.5 Å². The molecule has 1 rings (SSSR count). The second-order valence-corrected chi connectivity index (χ2v) is 6.63. The molecule has 1 heterocycles. The predicted molar refractivity (Wildman–Crippen MR) is 82.9 cm³/mol. The van der Waals surface area contributed by atoms with Crippen molar-refractivity contribution in [3.63, 3.8) is 0 Å². The molecule has 0 aliphatic rings. The summed E-state index contributed by atoms with van der Waals surface area (Å²) in [7, 11) is 0. The standard InChI is InChI=1S/C15H23N3O4/c1-14(2,3)21-12(19)16-11(18-9-7-8-10-18)17-13(20)22-15(4,5)6/h7-10H,1-6H3,(H,16,17,19,20). The summed E-state index contributed by atoms with van der Waals surface area (Å²) >= 11 is 0. The van der Waals surface area contributed by atoms with Crippen LogP contribution in [0.3, 0.4) is 0 Å². The maximum absolute atomic E-state index is 11.9. The fourth-order valence-electron chi connectivity index (χ4n) is 1.39. The van der Waals surface area contributed by atoms with Gasteiger partial charge in [-0.15, -0.1) is 4.99 Å². The zero-order valence-corrected chi connectivity index (χ0v) is 13.8. The zero-order chi connectivity index (χ0) is 17.0. The number of ether oxygens (including phenoxy) is 2. The van der Waals surface area contributed by atoms with Crippen LogP contribution in [-0.4, -0.2) is 33.9 Å². The number of aliphatic imine (C=N–C) groups is 1. The lowest BCUT2D eigenvalue weighted by molar-refractivity contribution is 0.0560. The Labute approximate surface area is 130 Å². The summed E-state index contributed by atoms with van der Waals surface area (Å²) in [5.41, 5.74) is -1.33. The van der Waals surface area contributed by atoms with E-state index in [0.29, 0.717) is 0 Å². The lowest BCUT2D eigenvalue weighted by Crippen LogP contribution is -2.40. The van der Waals surface area contributed by atoms with Gasteiger partial charge in [0.05, 0.1) is 0 Å². The normalized spacial score (nSPS) is 12.7. The van der Waals surface area contributed by atoms with Gasteiger partial charge in [0.2, 0.25) is 5.96 Å². The lowest BCUT2D eigenvalue weighted by Gasteiger charge is -2.21. The third-order valence-electron chi connectivity index (χ3n) is 2.05. The monoisotopic (exact) mass is 309 g/mol. The molecule has 1 N–H and O–H groups in total. The summed E-state index contributed by atoms with van der Waals surface area (Å²) in [5, 5.41) is 2.44. The van der Waals surface area contributed by atoms with E-state index >= 15 is 0 Å². The molecule has 2 amide bonds. The summed E-state index contributed by atoms with van der Waals surface area (Å²) < 4.78 is 11.7. The van der Waals surface area contributed by atoms with Crippen LogP contribution in [0.2, 0.25) is 0 Å². The number of rotatable bonds is 0. The molecule has 7 nitrogen and oxygen atoms in total.